The first kappa shape index (κ1) is 9.43. The summed E-state index contributed by atoms with van der Waals surface area (Å²) < 4.78 is 22.3. The highest BCUT2D eigenvalue weighted by Crippen LogP contribution is 2.23. The maximum Gasteiger partial charge on any atom is 0.263 e. The Hall–Kier alpha value is -1.13. The molecule has 2 aromatic rings. The lowest BCUT2D eigenvalue weighted by Crippen LogP contribution is -1.93. The lowest BCUT2D eigenvalue weighted by Gasteiger charge is -2.00. The molecule has 3 nitrogen and oxygen atoms in total. The number of hydrogen-bond donors (Lipinski definition) is 0. The van der Waals surface area contributed by atoms with Gasteiger partial charge in [0.2, 0.25) is 0 Å². The molecule has 0 fully saturated rings. The van der Waals surface area contributed by atoms with Crippen LogP contribution in [-0.4, -0.2) is 13.4 Å². The van der Waals surface area contributed by atoms with Gasteiger partial charge in [0.1, 0.15) is 4.90 Å². The van der Waals surface area contributed by atoms with Crippen LogP contribution in [0.15, 0.2) is 41.6 Å². The number of rotatable bonds is 1. The van der Waals surface area contributed by atoms with Gasteiger partial charge in [-0.1, -0.05) is 24.3 Å². The second kappa shape index (κ2) is 3.22. The summed E-state index contributed by atoms with van der Waals surface area (Å²) >= 11 is 0. The predicted molar refractivity (Wildman–Crippen MR) is 54.8 cm³/mol. The van der Waals surface area contributed by atoms with Gasteiger partial charge >= 0.3 is 0 Å². The van der Waals surface area contributed by atoms with Crippen molar-refractivity contribution in [2.75, 3.05) is 0 Å². The van der Waals surface area contributed by atoms with Crippen LogP contribution in [0.3, 0.4) is 0 Å². The van der Waals surface area contributed by atoms with Crippen molar-refractivity contribution in [1.29, 1.82) is 0 Å². The van der Waals surface area contributed by atoms with Crippen molar-refractivity contribution < 1.29 is 8.42 Å². The summed E-state index contributed by atoms with van der Waals surface area (Å²) in [4.78, 5) is 3.87. The molecule has 0 bridgehead atoms. The fraction of sp³-hybridized carbons (Fsp3) is 0. The molecule has 0 saturated carbocycles. The molecular formula is C9H6ClNO2S. The zero-order chi connectivity index (χ0) is 10.2. The molecule has 0 amide bonds. The standard InChI is InChI=1S/C9H6ClNO2S/c10-14(12,13)9-6-11-5-7-3-1-2-4-8(7)9/h1-6H. The fourth-order valence-electron chi connectivity index (χ4n) is 1.28. The van der Waals surface area contributed by atoms with Crippen LogP contribution >= 0.6 is 10.7 Å². The number of halogens is 1. The topological polar surface area (TPSA) is 47.0 Å². The molecule has 1 aromatic carbocycles. The van der Waals surface area contributed by atoms with Crippen molar-refractivity contribution in [3.63, 3.8) is 0 Å². The highest BCUT2D eigenvalue weighted by Gasteiger charge is 2.13. The molecule has 1 heterocycles. The Labute approximate surface area is 85.8 Å². The van der Waals surface area contributed by atoms with Gasteiger partial charge in [0.05, 0.1) is 0 Å². The summed E-state index contributed by atoms with van der Waals surface area (Å²) in [6.45, 7) is 0. The smallest absolute Gasteiger partial charge is 0.263 e. The zero-order valence-corrected chi connectivity index (χ0v) is 8.59. The molecular weight excluding hydrogens is 222 g/mol. The largest absolute Gasteiger partial charge is 0.263 e. The highest BCUT2D eigenvalue weighted by atomic mass is 35.7. The summed E-state index contributed by atoms with van der Waals surface area (Å²) in [5.74, 6) is 0. The quantitative estimate of drug-likeness (QED) is 0.702. The third-order valence-electron chi connectivity index (χ3n) is 1.89. The van der Waals surface area contributed by atoms with E-state index in [1.165, 1.54) is 6.20 Å². The number of pyridine rings is 1. The molecule has 0 unspecified atom stereocenters. The van der Waals surface area contributed by atoms with Crippen LogP contribution < -0.4 is 0 Å². The molecule has 2 rings (SSSR count). The Bertz CT molecular complexity index is 575. The lowest BCUT2D eigenvalue weighted by atomic mass is 10.2. The van der Waals surface area contributed by atoms with Crippen molar-refractivity contribution in [2.45, 2.75) is 4.90 Å². The Morgan fingerprint density at radius 2 is 1.86 bits per heavy atom. The molecule has 0 aliphatic rings. The van der Waals surface area contributed by atoms with E-state index in [0.29, 0.717) is 5.39 Å². The van der Waals surface area contributed by atoms with Crippen LogP contribution in [-0.2, 0) is 9.05 Å². The van der Waals surface area contributed by atoms with Gasteiger partial charge in [0, 0.05) is 33.8 Å². The molecule has 0 N–H and O–H groups in total. The molecule has 14 heavy (non-hydrogen) atoms. The van der Waals surface area contributed by atoms with Crippen molar-refractivity contribution in [2.24, 2.45) is 0 Å². The van der Waals surface area contributed by atoms with Gasteiger partial charge in [0.25, 0.3) is 9.05 Å². The number of hydrogen-bond acceptors (Lipinski definition) is 3. The minimum atomic E-state index is -3.72. The molecule has 72 valence electrons. The van der Waals surface area contributed by atoms with Crippen molar-refractivity contribution >= 4 is 30.5 Å². The summed E-state index contributed by atoms with van der Waals surface area (Å²) in [5, 5.41) is 1.35. The van der Waals surface area contributed by atoms with E-state index < -0.39 is 9.05 Å². The van der Waals surface area contributed by atoms with Crippen molar-refractivity contribution in [3.05, 3.63) is 36.7 Å². The van der Waals surface area contributed by atoms with Crippen LogP contribution in [0, 0.1) is 0 Å². The first-order valence-electron chi connectivity index (χ1n) is 3.86. The van der Waals surface area contributed by atoms with E-state index in [1.54, 1.807) is 24.4 Å². The van der Waals surface area contributed by atoms with Gasteiger partial charge in [-0.3, -0.25) is 4.98 Å². The molecule has 0 aliphatic carbocycles. The zero-order valence-electron chi connectivity index (χ0n) is 7.01. The van der Waals surface area contributed by atoms with E-state index in [4.69, 9.17) is 10.7 Å². The first-order valence-corrected chi connectivity index (χ1v) is 6.17. The molecule has 0 radical (unpaired) electrons. The fourth-order valence-corrected chi connectivity index (χ4v) is 2.29. The maximum atomic E-state index is 11.2. The van der Waals surface area contributed by atoms with E-state index in [2.05, 4.69) is 4.98 Å². The Balaban J connectivity index is 2.92. The van der Waals surface area contributed by atoms with Gasteiger partial charge in [0.15, 0.2) is 0 Å². The SMILES string of the molecule is O=S(=O)(Cl)c1cncc2ccccc12. The van der Waals surface area contributed by atoms with E-state index in [-0.39, 0.29) is 4.90 Å². The normalized spacial score (nSPS) is 11.8. The Morgan fingerprint density at radius 1 is 1.14 bits per heavy atom. The number of aromatic nitrogens is 1. The summed E-state index contributed by atoms with van der Waals surface area (Å²) in [6, 6.07) is 7.06. The number of fused-ring (bicyclic) bond motifs is 1. The first-order chi connectivity index (χ1) is 6.59. The summed E-state index contributed by atoms with van der Waals surface area (Å²) in [6.07, 6.45) is 2.85. The summed E-state index contributed by atoms with van der Waals surface area (Å²) in [7, 11) is 1.55. The van der Waals surface area contributed by atoms with Gasteiger partial charge in [-0.15, -0.1) is 0 Å². The van der Waals surface area contributed by atoms with E-state index in [1.807, 2.05) is 6.07 Å². The van der Waals surface area contributed by atoms with E-state index in [0.717, 1.165) is 5.39 Å². The van der Waals surface area contributed by atoms with Crippen LogP contribution in [0.2, 0.25) is 0 Å². The molecule has 5 heteroatoms. The van der Waals surface area contributed by atoms with Crippen molar-refractivity contribution in [3.8, 4) is 0 Å². The predicted octanol–water partition coefficient (Wildman–Crippen LogP) is 2.16. The second-order valence-corrected chi connectivity index (χ2v) is 5.33. The lowest BCUT2D eigenvalue weighted by molar-refractivity contribution is 0.610. The Kier molecular flexibility index (Phi) is 2.17. The third kappa shape index (κ3) is 1.58. The average molecular weight is 228 g/mol. The monoisotopic (exact) mass is 227 g/mol. The average Bonchev–Trinajstić information content (AvgIpc) is 2.15. The van der Waals surface area contributed by atoms with E-state index in [9.17, 15) is 8.42 Å². The van der Waals surface area contributed by atoms with Crippen LogP contribution in [0.25, 0.3) is 10.8 Å². The van der Waals surface area contributed by atoms with Crippen LogP contribution in [0.5, 0.6) is 0 Å². The second-order valence-electron chi connectivity index (χ2n) is 2.80. The highest BCUT2D eigenvalue weighted by molar-refractivity contribution is 8.14. The van der Waals surface area contributed by atoms with Gasteiger partial charge in [-0.2, -0.15) is 0 Å². The van der Waals surface area contributed by atoms with Gasteiger partial charge < -0.3 is 0 Å². The molecule has 0 spiro atoms. The maximum absolute atomic E-state index is 11.2. The molecule has 0 saturated heterocycles. The molecule has 1 aromatic heterocycles. The van der Waals surface area contributed by atoms with Crippen LogP contribution in [0.4, 0.5) is 0 Å². The molecule has 0 atom stereocenters. The van der Waals surface area contributed by atoms with Gasteiger partial charge in [-0.05, 0) is 0 Å². The minimum Gasteiger partial charge on any atom is -0.263 e. The third-order valence-corrected chi connectivity index (χ3v) is 3.24. The Morgan fingerprint density at radius 3 is 2.57 bits per heavy atom. The number of benzene rings is 1. The minimum absolute atomic E-state index is 0.0530. The van der Waals surface area contributed by atoms with E-state index >= 15 is 0 Å². The van der Waals surface area contributed by atoms with Crippen LogP contribution in [0.1, 0.15) is 0 Å². The summed E-state index contributed by atoms with van der Waals surface area (Å²) in [5.41, 5.74) is 0. The number of nitrogens with zero attached hydrogens (tertiary/aromatic N) is 1. The van der Waals surface area contributed by atoms with Gasteiger partial charge in [-0.25, -0.2) is 8.42 Å². The molecule has 0 aliphatic heterocycles. The van der Waals surface area contributed by atoms with Crippen molar-refractivity contribution in [1.82, 2.24) is 4.98 Å².